The van der Waals surface area contributed by atoms with Gasteiger partial charge < -0.3 is 20.5 Å². The van der Waals surface area contributed by atoms with Gasteiger partial charge in [0.2, 0.25) is 0 Å². The van der Waals surface area contributed by atoms with Crippen LogP contribution in [0.5, 0.6) is 11.5 Å². The summed E-state index contributed by atoms with van der Waals surface area (Å²) in [5.41, 5.74) is 7.98. The van der Waals surface area contributed by atoms with Gasteiger partial charge in [0.15, 0.2) is 6.61 Å². The van der Waals surface area contributed by atoms with E-state index < -0.39 is 17.7 Å². The van der Waals surface area contributed by atoms with Gasteiger partial charge in [-0.15, -0.1) is 0 Å². The summed E-state index contributed by atoms with van der Waals surface area (Å²) in [4.78, 5) is 34.5. The molecular weight excluding hydrogens is 388 g/mol. The third kappa shape index (κ3) is 6.29. The van der Waals surface area contributed by atoms with Gasteiger partial charge in [-0.1, -0.05) is 11.6 Å². The summed E-state index contributed by atoms with van der Waals surface area (Å²) < 4.78 is 10.2. The standard InChI is InChI=1S/C18H17ClN4O5/c1-27-15-7-4-12(19)8-14(15)22-17(25)18(26)23-21-9-11-2-5-13(6-3-11)28-10-16(20)24/h2-9H,10H2,1H3,(H2,20,24)(H,22,25)(H,23,26)/b21-9-. The molecule has 0 saturated carbocycles. The number of amides is 3. The average Bonchev–Trinajstić information content (AvgIpc) is 2.67. The second-order valence-electron chi connectivity index (χ2n) is 5.32. The Balaban J connectivity index is 1.90. The van der Waals surface area contributed by atoms with Gasteiger partial charge in [0.05, 0.1) is 19.0 Å². The highest BCUT2D eigenvalue weighted by Crippen LogP contribution is 2.27. The van der Waals surface area contributed by atoms with Gasteiger partial charge in [-0.3, -0.25) is 14.4 Å². The van der Waals surface area contributed by atoms with Crippen LogP contribution in [0.2, 0.25) is 5.02 Å². The minimum absolute atomic E-state index is 0.226. The number of primary amides is 1. The molecule has 0 bridgehead atoms. The molecule has 2 aromatic carbocycles. The minimum atomic E-state index is -0.973. The molecule has 146 valence electrons. The van der Waals surface area contributed by atoms with E-state index >= 15 is 0 Å². The number of methoxy groups -OCH3 is 1. The van der Waals surface area contributed by atoms with Crippen molar-refractivity contribution in [2.45, 2.75) is 0 Å². The number of hydrogen-bond acceptors (Lipinski definition) is 6. The van der Waals surface area contributed by atoms with E-state index in [4.69, 9.17) is 26.8 Å². The first-order valence-electron chi connectivity index (χ1n) is 7.88. The number of nitrogens with one attached hydrogen (secondary N) is 2. The monoisotopic (exact) mass is 404 g/mol. The zero-order chi connectivity index (χ0) is 20.5. The van der Waals surface area contributed by atoms with Gasteiger partial charge in [0.25, 0.3) is 5.91 Å². The molecule has 0 heterocycles. The minimum Gasteiger partial charge on any atom is -0.495 e. The number of nitrogens with zero attached hydrogens (tertiary/aromatic N) is 1. The van der Waals surface area contributed by atoms with Gasteiger partial charge >= 0.3 is 11.8 Å². The van der Waals surface area contributed by atoms with Crippen LogP contribution in [0.3, 0.4) is 0 Å². The molecule has 3 amide bonds. The van der Waals surface area contributed by atoms with E-state index in [1.54, 1.807) is 36.4 Å². The SMILES string of the molecule is COc1ccc(Cl)cc1NC(=O)C(=O)N/N=C\c1ccc(OCC(N)=O)cc1. The number of hydrazone groups is 1. The van der Waals surface area contributed by atoms with Crippen molar-refractivity contribution in [1.29, 1.82) is 0 Å². The van der Waals surface area contributed by atoms with Crippen LogP contribution in [0.25, 0.3) is 0 Å². The smallest absolute Gasteiger partial charge is 0.329 e. The zero-order valence-electron chi connectivity index (χ0n) is 14.8. The van der Waals surface area contributed by atoms with Crippen molar-refractivity contribution in [3.8, 4) is 11.5 Å². The van der Waals surface area contributed by atoms with Crippen LogP contribution < -0.4 is 25.9 Å². The summed E-state index contributed by atoms with van der Waals surface area (Å²) in [6.45, 7) is -0.226. The molecular formula is C18H17ClN4O5. The first-order valence-corrected chi connectivity index (χ1v) is 8.26. The lowest BCUT2D eigenvalue weighted by Crippen LogP contribution is -2.32. The lowest BCUT2D eigenvalue weighted by atomic mass is 10.2. The molecule has 0 radical (unpaired) electrons. The van der Waals surface area contributed by atoms with Crippen LogP contribution in [0.4, 0.5) is 5.69 Å². The number of rotatable bonds is 7. The second kappa shape index (κ2) is 9.93. The molecule has 0 spiro atoms. The Morgan fingerprint density at radius 1 is 1.14 bits per heavy atom. The van der Waals surface area contributed by atoms with Crippen molar-refractivity contribution < 1.29 is 23.9 Å². The molecule has 0 fully saturated rings. The Bertz CT molecular complexity index is 899. The number of anilines is 1. The van der Waals surface area contributed by atoms with Crippen molar-refractivity contribution in [3.05, 3.63) is 53.1 Å². The van der Waals surface area contributed by atoms with Crippen LogP contribution in [-0.4, -0.2) is 37.7 Å². The van der Waals surface area contributed by atoms with E-state index in [2.05, 4.69) is 15.8 Å². The summed E-state index contributed by atoms with van der Waals surface area (Å²) >= 11 is 5.87. The van der Waals surface area contributed by atoms with Crippen molar-refractivity contribution in [2.75, 3.05) is 19.0 Å². The van der Waals surface area contributed by atoms with Gasteiger partial charge in [-0.25, -0.2) is 5.43 Å². The Hall–Kier alpha value is -3.59. The summed E-state index contributed by atoms with van der Waals surface area (Å²) in [5.74, 6) is -1.68. The lowest BCUT2D eigenvalue weighted by molar-refractivity contribution is -0.136. The van der Waals surface area contributed by atoms with Crippen LogP contribution >= 0.6 is 11.6 Å². The van der Waals surface area contributed by atoms with Crippen molar-refractivity contribution in [3.63, 3.8) is 0 Å². The molecule has 2 aromatic rings. The maximum atomic E-state index is 12.0. The molecule has 4 N–H and O–H groups in total. The van der Waals surface area contributed by atoms with Crippen LogP contribution in [0.1, 0.15) is 5.56 Å². The predicted octanol–water partition coefficient (Wildman–Crippen LogP) is 1.30. The van der Waals surface area contributed by atoms with Crippen molar-refractivity contribution in [2.24, 2.45) is 10.8 Å². The van der Waals surface area contributed by atoms with E-state index in [-0.39, 0.29) is 12.3 Å². The van der Waals surface area contributed by atoms with Gasteiger partial charge in [-0.2, -0.15) is 5.10 Å². The Kier molecular flexibility index (Phi) is 7.35. The maximum Gasteiger partial charge on any atom is 0.329 e. The number of hydrogen-bond donors (Lipinski definition) is 3. The maximum absolute atomic E-state index is 12.0. The fraction of sp³-hybridized carbons (Fsp3) is 0.111. The number of carbonyl (C=O) groups excluding carboxylic acids is 3. The van der Waals surface area contributed by atoms with Gasteiger partial charge in [0, 0.05) is 5.02 Å². The summed E-state index contributed by atoms with van der Waals surface area (Å²) in [5, 5.41) is 6.48. The number of nitrogens with two attached hydrogens (primary N) is 1. The first-order chi connectivity index (χ1) is 13.4. The van der Waals surface area contributed by atoms with E-state index in [9.17, 15) is 14.4 Å². The average molecular weight is 405 g/mol. The van der Waals surface area contributed by atoms with Gasteiger partial charge in [0.1, 0.15) is 11.5 Å². The predicted molar refractivity (Wildman–Crippen MR) is 104 cm³/mol. The van der Waals surface area contributed by atoms with E-state index in [1.165, 1.54) is 19.4 Å². The number of carbonyl (C=O) groups is 3. The number of halogens is 1. The third-order valence-corrected chi connectivity index (χ3v) is 3.49. The molecule has 0 aliphatic carbocycles. The quantitative estimate of drug-likeness (QED) is 0.363. The fourth-order valence-corrected chi connectivity index (χ4v) is 2.15. The third-order valence-electron chi connectivity index (χ3n) is 3.26. The lowest BCUT2D eigenvalue weighted by Gasteiger charge is -2.09. The molecule has 28 heavy (non-hydrogen) atoms. The Morgan fingerprint density at radius 2 is 1.86 bits per heavy atom. The molecule has 0 saturated heterocycles. The normalized spacial score (nSPS) is 10.4. The van der Waals surface area contributed by atoms with E-state index in [0.29, 0.717) is 22.1 Å². The molecule has 0 unspecified atom stereocenters. The number of benzene rings is 2. The van der Waals surface area contributed by atoms with Crippen molar-refractivity contribution >= 4 is 41.2 Å². The summed E-state index contributed by atoms with van der Waals surface area (Å²) in [6.07, 6.45) is 1.34. The Morgan fingerprint density at radius 3 is 2.50 bits per heavy atom. The first kappa shape index (κ1) is 20.7. The topological polar surface area (TPSA) is 132 Å². The molecule has 0 aromatic heterocycles. The molecule has 9 nitrogen and oxygen atoms in total. The zero-order valence-corrected chi connectivity index (χ0v) is 15.5. The van der Waals surface area contributed by atoms with Crippen molar-refractivity contribution in [1.82, 2.24) is 5.43 Å². The summed E-state index contributed by atoms with van der Waals surface area (Å²) in [6, 6.07) is 11.1. The van der Waals surface area contributed by atoms with Crippen LogP contribution in [0.15, 0.2) is 47.6 Å². The fourth-order valence-electron chi connectivity index (χ4n) is 1.98. The molecule has 2 rings (SSSR count). The van der Waals surface area contributed by atoms with Crippen LogP contribution in [-0.2, 0) is 14.4 Å². The number of ether oxygens (including phenoxy) is 2. The highest BCUT2D eigenvalue weighted by Gasteiger charge is 2.15. The molecule has 0 aliphatic rings. The highest BCUT2D eigenvalue weighted by atomic mass is 35.5. The molecule has 10 heteroatoms. The van der Waals surface area contributed by atoms with Gasteiger partial charge in [-0.05, 0) is 48.0 Å². The second-order valence-corrected chi connectivity index (χ2v) is 5.76. The molecule has 0 atom stereocenters. The largest absolute Gasteiger partial charge is 0.495 e. The summed E-state index contributed by atoms with van der Waals surface area (Å²) in [7, 11) is 1.42. The van der Waals surface area contributed by atoms with Crippen LogP contribution in [0, 0.1) is 0 Å². The highest BCUT2D eigenvalue weighted by molar-refractivity contribution is 6.40. The van der Waals surface area contributed by atoms with E-state index in [0.717, 1.165) is 0 Å². The Labute approximate surface area is 165 Å². The van der Waals surface area contributed by atoms with E-state index in [1.807, 2.05) is 0 Å². The molecule has 0 aliphatic heterocycles.